The summed E-state index contributed by atoms with van der Waals surface area (Å²) in [6, 6.07) is 0.706. The van der Waals surface area contributed by atoms with E-state index in [9.17, 15) is 0 Å². The fraction of sp³-hybridized carbons (Fsp3) is 1.00. The highest BCUT2D eigenvalue weighted by atomic mass is 16.5. The topological polar surface area (TPSA) is 24.5 Å². The molecule has 0 radical (unpaired) electrons. The number of methoxy groups -OCH3 is 1. The van der Waals surface area contributed by atoms with Crippen LogP contribution in [-0.2, 0) is 4.74 Å². The number of ether oxygens (including phenoxy) is 1. The van der Waals surface area contributed by atoms with Gasteiger partial charge in [0.15, 0.2) is 0 Å². The summed E-state index contributed by atoms with van der Waals surface area (Å²) < 4.78 is 5.74. The molecule has 3 aliphatic rings. The highest BCUT2D eigenvalue weighted by Gasteiger charge is 2.44. The van der Waals surface area contributed by atoms with Crippen LogP contribution in [0.3, 0.4) is 0 Å². The number of rotatable bonds is 5. The Labute approximate surface area is 137 Å². The molecule has 0 bridgehead atoms. The zero-order valence-corrected chi connectivity index (χ0v) is 14.9. The molecule has 1 aliphatic carbocycles. The molecule has 0 aromatic heterocycles. The summed E-state index contributed by atoms with van der Waals surface area (Å²) in [7, 11) is 1.87. The maximum Gasteiger partial charge on any atom is 0.0637 e. The Hall–Kier alpha value is -0.120. The van der Waals surface area contributed by atoms with Gasteiger partial charge in [0.05, 0.1) is 11.8 Å². The third kappa shape index (κ3) is 3.85. The summed E-state index contributed by atoms with van der Waals surface area (Å²) in [6.45, 7) is 7.03. The van der Waals surface area contributed by atoms with Crippen molar-refractivity contribution in [2.75, 3.05) is 20.2 Å². The van der Waals surface area contributed by atoms with Gasteiger partial charge in [-0.3, -0.25) is 4.90 Å². The summed E-state index contributed by atoms with van der Waals surface area (Å²) in [5.41, 5.74) is 0.00295. The fourth-order valence-corrected chi connectivity index (χ4v) is 5.07. The summed E-state index contributed by atoms with van der Waals surface area (Å²) in [4.78, 5) is 2.85. The van der Waals surface area contributed by atoms with E-state index in [-0.39, 0.29) is 5.60 Å². The van der Waals surface area contributed by atoms with Gasteiger partial charge in [-0.05, 0) is 70.8 Å². The smallest absolute Gasteiger partial charge is 0.0637 e. The highest BCUT2D eigenvalue weighted by Crippen LogP contribution is 2.39. The largest absolute Gasteiger partial charge is 0.379 e. The van der Waals surface area contributed by atoms with Crippen molar-refractivity contribution < 1.29 is 4.74 Å². The van der Waals surface area contributed by atoms with Crippen LogP contribution in [0.4, 0.5) is 0 Å². The van der Waals surface area contributed by atoms with Crippen molar-refractivity contribution in [1.82, 2.24) is 10.2 Å². The molecule has 3 unspecified atom stereocenters. The van der Waals surface area contributed by atoms with Gasteiger partial charge in [0.2, 0.25) is 0 Å². The van der Waals surface area contributed by atoms with Gasteiger partial charge in [0.1, 0.15) is 0 Å². The van der Waals surface area contributed by atoms with Crippen LogP contribution in [0.25, 0.3) is 0 Å². The first-order valence-electron chi connectivity index (χ1n) is 9.63. The molecule has 0 aromatic carbocycles. The first-order valence-corrected chi connectivity index (χ1v) is 9.63. The van der Waals surface area contributed by atoms with E-state index in [1.54, 1.807) is 0 Å². The van der Waals surface area contributed by atoms with Gasteiger partial charge < -0.3 is 10.1 Å². The lowest BCUT2D eigenvalue weighted by molar-refractivity contribution is -0.0114. The third-order valence-corrected chi connectivity index (χ3v) is 6.43. The Kier molecular flexibility index (Phi) is 5.47. The van der Waals surface area contributed by atoms with Crippen LogP contribution < -0.4 is 5.32 Å². The Morgan fingerprint density at radius 1 is 1.09 bits per heavy atom. The molecular weight excluding hydrogens is 272 g/mol. The molecule has 3 rings (SSSR count). The van der Waals surface area contributed by atoms with Crippen molar-refractivity contribution >= 4 is 0 Å². The van der Waals surface area contributed by atoms with Crippen LogP contribution >= 0.6 is 0 Å². The van der Waals surface area contributed by atoms with Crippen LogP contribution in [0.1, 0.15) is 71.6 Å². The van der Waals surface area contributed by atoms with Gasteiger partial charge in [-0.2, -0.15) is 0 Å². The molecule has 1 saturated carbocycles. The minimum absolute atomic E-state index is 0.00295. The summed E-state index contributed by atoms with van der Waals surface area (Å²) in [5, 5.41) is 3.84. The van der Waals surface area contributed by atoms with Crippen LogP contribution in [0.5, 0.6) is 0 Å². The average Bonchev–Trinajstić information content (AvgIpc) is 2.85. The van der Waals surface area contributed by atoms with E-state index in [0.717, 1.165) is 11.8 Å². The quantitative estimate of drug-likeness (QED) is 0.836. The predicted molar refractivity (Wildman–Crippen MR) is 91.9 cm³/mol. The molecule has 0 amide bonds. The average molecular weight is 309 g/mol. The van der Waals surface area contributed by atoms with Crippen LogP contribution in [0.2, 0.25) is 0 Å². The Morgan fingerprint density at radius 2 is 1.86 bits per heavy atom. The Bertz CT molecular complexity index is 351. The van der Waals surface area contributed by atoms with Gasteiger partial charge >= 0.3 is 0 Å². The molecular formula is C19H36N2O. The molecule has 3 nitrogen and oxygen atoms in total. The SMILES string of the molecule is COC(C)(C)CC1CC2CCCNC2N1CC1CCCCC1. The number of nitrogens with one attached hydrogen (secondary N) is 1. The number of hydrogen-bond donors (Lipinski definition) is 1. The summed E-state index contributed by atoms with van der Waals surface area (Å²) in [5.74, 6) is 1.80. The van der Waals surface area contributed by atoms with Crippen molar-refractivity contribution in [3.05, 3.63) is 0 Å². The lowest BCUT2D eigenvalue weighted by Crippen LogP contribution is -2.52. The van der Waals surface area contributed by atoms with E-state index < -0.39 is 0 Å². The van der Waals surface area contributed by atoms with Gasteiger partial charge in [-0.25, -0.2) is 0 Å². The first kappa shape index (κ1) is 16.7. The van der Waals surface area contributed by atoms with Crippen molar-refractivity contribution in [3.63, 3.8) is 0 Å². The molecule has 2 aliphatic heterocycles. The second kappa shape index (κ2) is 7.19. The van der Waals surface area contributed by atoms with Gasteiger partial charge in [-0.1, -0.05) is 19.3 Å². The van der Waals surface area contributed by atoms with E-state index in [2.05, 4.69) is 24.1 Å². The standard InChI is InChI=1S/C19H36N2O/c1-19(2,22-3)13-17-12-16-10-7-11-20-18(16)21(17)14-15-8-5-4-6-9-15/h15-18,20H,4-14H2,1-3H3. The molecule has 128 valence electrons. The zero-order chi connectivity index (χ0) is 15.6. The summed E-state index contributed by atoms with van der Waals surface area (Å²) in [6.07, 6.45) is 13.2. The van der Waals surface area contributed by atoms with Crippen molar-refractivity contribution in [2.45, 2.75) is 89.4 Å². The molecule has 22 heavy (non-hydrogen) atoms. The van der Waals surface area contributed by atoms with Crippen molar-refractivity contribution in [3.8, 4) is 0 Å². The van der Waals surface area contributed by atoms with Crippen LogP contribution in [-0.4, -0.2) is 42.9 Å². The van der Waals surface area contributed by atoms with Gasteiger partial charge in [0, 0.05) is 19.7 Å². The van der Waals surface area contributed by atoms with Crippen LogP contribution in [0.15, 0.2) is 0 Å². The number of fused-ring (bicyclic) bond motifs is 1. The van der Waals surface area contributed by atoms with Gasteiger partial charge in [0.25, 0.3) is 0 Å². The minimum atomic E-state index is 0.00295. The molecule has 2 saturated heterocycles. The maximum absolute atomic E-state index is 5.74. The number of hydrogen-bond acceptors (Lipinski definition) is 3. The van der Waals surface area contributed by atoms with Crippen molar-refractivity contribution in [1.29, 1.82) is 0 Å². The van der Waals surface area contributed by atoms with Crippen molar-refractivity contribution in [2.24, 2.45) is 11.8 Å². The lowest BCUT2D eigenvalue weighted by atomic mass is 9.88. The number of likely N-dealkylation sites (tertiary alicyclic amines) is 1. The monoisotopic (exact) mass is 308 g/mol. The second-order valence-electron chi connectivity index (χ2n) is 8.56. The minimum Gasteiger partial charge on any atom is -0.379 e. The molecule has 3 fully saturated rings. The van der Waals surface area contributed by atoms with E-state index in [1.807, 2.05) is 7.11 Å². The molecule has 0 spiro atoms. The normalized spacial score (nSPS) is 34.8. The Morgan fingerprint density at radius 3 is 2.59 bits per heavy atom. The number of piperidine rings is 1. The second-order valence-corrected chi connectivity index (χ2v) is 8.56. The number of nitrogens with zero attached hydrogens (tertiary/aromatic N) is 1. The zero-order valence-electron chi connectivity index (χ0n) is 14.9. The Balaban J connectivity index is 1.68. The molecule has 3 heteroatoms. The molecule has 2 heterocycles. The lowest BCUT2D eigenvalue weighted by Gasteiger charge is -2.39. The van der Waals surface area contributed by atoms with E-state index in [4.69, 9.17) is 4.74 Å². The first-order chi connectivity index (χ1) is 10.6. The predicted octanol–water partition coefficient (Wildman–Crippen LogP) is 3.78. The molecule has 0 aromatic rings. The van der Waals surface area contributed by atoms with E-state index in [1.165, 1.54) is 70.9 Å². The van der Waals surface area contributed by atoms with E-state index >= 15 is 0 Å². The van der Waals surface area contributed by atoms with Gasteiger partial charge in [-0.15, -0.1) is 0 Å². The summed E-state index contributed by atoms with van der Waals surface area (Å²) >= 11 is 0. The van der Waals surface area contributed by atoms with Crippen LogP contribution in [0, 0.1) is 11.8 Å². The molecule has 3 atom stereocenters. The highest BCUT2D eigenvalue weighted by molar-refractivity contribution is 4.97. The molecule has 1 N–H and O–H groups in total. The fourth-order valence-electron chi connectivity index (χ4n) is 5.07. The van der Waals surface area contributed by atoms with E-state index in [0.29, 0.717) is 12.2 Å². The third-order valence-electron chi connectivity index (χ3n) is 6.43. The maximum atomic E-state index is 5.74.